The van der Waals surface area contributed by atoms with Crippen molar-refractivity contribution in [3.63, 3.8) is 0 Å². The normalized spacial score (nSPS) is 10.7. The molecule has 0 unspecified atom stereocenters. The summed E-state index contributed by atoms with van der Waals surface area (Å²) in [7, 11) is 1.75. The number of anilines is 1. The van der Waals surface area contributed by atoms with Crippen LogP contribution in [-0.2, 0) is 11.8 Å². The van der Waals surface area contributed by atoms with Crippen LogP contribution in [0.1, 0.15) is 16.1 Å². The third-order valence-electron chi connectivity index (χ3n) is 2.57. The van der Waals surface area contributed by atoms with Crippen molar-refractivity contribution in [2.24, 2.45) is 7.05 Å². The summed E-state index contributed by atoms with van der Waals surface area (Å²) in [4.78, 5) is 26.5. The molecule has 0 aliphatic rings. The molecule has 0 aromatic carbocycles. The quantitative estimate of drug-likeness (QED) is 0.814. The van der Waals surface area contributed by atoms with Crippen LogP contribution >= 0.6 is 0 Å². The predicted molar refractivity (Wildman–Crippen MR) is 72.1 cm³/mol. The number of carboxylic acids is 1. The number of carbonyl (C=O) groups excluding carboxylic acids is 1. The number of carboxylic acid groups (broad SMARTS) is 1. The number of aryl methyl sites for hydroxylation is 1. The van der Waals surface area contributed by atoms with Crippen molar-refractivity contribution in [3.8, 4) is 0 Å². The zero-order valence-electron chi connectivity index (χ0n) is 10.6. The Kier molecular flexibility index (Phi) is 3.90. The molecule has 0 atom stereocenters. The average molecular weight is 272 g/mol. The average Bonchev–Trinajstić information content (AvgIpc) is 2.82. The molecule has 0 aliphatic heterocycles. The molecule has 2 heterocycles. The zero-order chi connectivity index (χ0) is 14.5. The fraction of sp³-hybridized carbons (Fsp3) is 0.0769. The number of hydrogen-bond acceptors (Lipinski definition) is 4. The maximum absolute atomic E-state index is 11.7. The third kappa shape index (κ3) is 3.08. The maximum Gasteiger partial charge on any atom is 0.337 e. The van der Waals surface area contributed by atoms with E-state index in [0.29, 0.717) is 0 Å². The molecular formula is C13H12N4O3. The zero-order valence-corrected chi connectivity index (χ0v) is 10.6. The van der Waals surface area contributed by atoms with E-state index in [1.54, 1.807) is 30.1 Å². The van der Waals surface area contributed by atoms with Crippen molar-refractivity contribution >= 4 is 23.6 Å². The van der Waals surface area contributed by atoms with Gasteiger partial charge >= 0.3 is 5.97 Å². The monoisotopic (exact) mass is 272 g/mol. The molecule has 7 heteroatoms. The smallest absolute Gasteiger partial charge is 0.337 e. The Morgan fingerprint density at radius 2 is 2.15 bits per heavy atom. The summed E-state index contributed by atoms with van der Waals surface area (Å²) < 4.78 is 1.61. The van der Waals surface area contributed by atoms with Crippen LogP contribution in [-0.4, -0.2) is 31.7 Å². The van der Waals surface area contributed by atoms with Crippen LogP contribution in [0.5, 0.6) is 0 Å². The number of carbonyl (C=O) groups is 2. The SMILES string of the molecule is Cn1nccc1C=CC(=O)Nc1cnccc1C(=O)O. The highest BCUT2D eigenvalue weighted by atomic mass is 16.4. The number of nitrogens with zero attached hydrogens (tertiary/aromatic N) is 3. The van der Waals surface area contributed by atoms with Crippen LogP contribution in [0.15, 0.2) is 36.8 Å². The molecule has 0 fully saturated rings. The van der Waals surface area contributed by atoms with E-state index in [0.717, 1.165) is 5.69 Å². The van der Waals surface area contributed by atoms with Crippen molar-refractivity contribution < 1.29 is 14.7 Å². The molecule has 0 spiro atoms. The lowest BCUT2D eigenvalue weighted by atomic mass is 10.2. The van der Waals surface area contributed by atoms with Crippen molar-refractivity contribution in [1.29, 1.82) is 0 Å². The lowest BCUT2D eigenvalue weighted by Crippen LogP contribution is -2.12. The Morgan fingerprint density at radius 1 is 1.35 bits per heavy atom. The van der Waals surface area contributed by atoms with Crippen molar-refractivity contribution in [2.45, 2.75) is 0 Å². The maximum atomic E-state index is 11.7. The van der Waals surface area contributed by atoms with Crippen molar-refractivity contribution in [1.82, 2.24) is 14.8 Å². The fourth-order valence-corrected chi connectivity index (χ4v) is 1.56. The van der Waals surface area contributed by atoms with Gasteiger partial charge in [0.1, 0.15) is 0 Å². The molecule has 0 bridgehead atoms. The van der Waals surface area contributed by atoms with Crippen molar-refractivity contribution in [2.75, 3.05) is 5.32 Å². The molecule has 0 saturated heterocycles. The number of pyridine rings is 1. The van der Waals surface area contributed by atoms with Gasteiger partial charge in [-0.1, -0.05) is 0 Å². The summed E-state index contributed by atoms with van der Waals surface area (Å²) in [6, 6.07) is 3.07. The topological polar surface area (TPSA) is 97.1 Å². The van der Waals surface area contributed by atoms with Gasteiger partial charge in [-0.05, 0) is 18.2 Å². The molecule has 2 aromatic rings. The first-order valence-electron chi connectivity index (χ1n) is 5.72. The minimum atomic E-state index is -1.13. The largest absolute Gasteiger partial charge is 0.478 e. The Labute approximate surface area is 114 Å². The van der Waals surface area contributed by atoms with Gasteiger partial charge < -0.3 is 10.4 Å². The minimum Gasteiger partial charge on any atom is -0.478 e. The van der Waals surface area contributed by atoms with Gasteiger partial charge in [0.2, 0.25) is 5.91 Å². The van der Waals surface area contributed by atoms with Gasteiger partial charge in [-0.25, -0.2) is 4.79 Å². The van der Waals surface area contributed by atoms with Gasteiger partial charge in [-0.2, -0.15) is 5.10 Å². The minimum absolute atomic E-state index is 0.0118. The number of rotatable bonds is 4. The highest BCUT2D eigenvalue weighted by molar-refractivity contribution is 6.05. The second-order valence-corrected chi connectivity index (χ2v) is 3.93. The van der Waals surface area contributed by atoms with E-state index in [-0.39, 0.29) is 11.3 Å². The Bertz CT molecular complexity index is 676. The van der Waals surface area contributed by atoms with E-state index < -0.39 is 11.9 Å². The highest BCUT2D eigenvalue weighted by Gasteiger charge is 2.10. The second-order valence-electron chi connectivity index (χ2n) is 3.93. The van der Waals surface area contributed by atoms with Crippen LogP contribution in [0, 0.1) is 0 Å². The van der Waals surface area contributed by atoms with E-state index in [1.165, 1.54) is 24.5 Å². The lowest BCUT2D eigenvalue weighted by molar-refractivity contribution is -0.111. The number of aromatic carboxylic acids is 1. The van der Waals surface area contributed by atoms with Gasteiger partial charge in [0.25, 0.3) is 0 Å². The van der Waals surface area contributed by atoms with Gasteiger partial charge in [-0.15, -0.1) is 0 Å². The molecule has 1 amide bonds. The Morgan fingerprint density at radius 3 is 2.80 bits per heavy atom. The molecule has 0 aliphatic carbocycles. The van der Waals surface area contributed by atoms with E-state index >= 15 is 0 Å². The molecular weight excluding hydrogens is 260 g/mol. The van der Waals surface area contributed by atoms with Crippen LogP contribution < -0.4 is 5.32 Å². The summed E-state index contributed by atoms with van der Waals surface area (Å²) >= 11 is 0. The van der Waals surface area contributed by atoms with Crippen molar-refractivity contribution in [3.05, 3.63) is 48.1 Å². The number of nitrogens with one attached hydrogen (secondary N) is 1. The highest BCUT2D eigenvalue weighted by Crippen LogP contribution is 2.13. The molecule has 0 radical (unpaired) electrons. The summed E-state index contributed by atoms with van der Waals surface area (Å²) in [5, 5.41) is 15.4. The summed E-state index contributed by atoms with van der Waals surface area (Å²) in [6.45, 7) is 0. The molecule has 0 saturated carbocycles. The molecule has 20 heavy (non-hydrogen) atoms. The molecule has 2 aromatic heterocycles. The van der Waals surface area contributed by atoms with Crippen LogP contribution in [0.3, 0.4) is 0 Å². The molecule has 7 nitrogen and oxygen atoms in total. The van der Waals surface area contributed by atoms with E-state index in [2.05, 4.69) is 15.4 Å². The first kappa shape index (κ1) is 13.5. The molecule has 2 N–H and O–H groups in total. The summed E-state index contributed by atoms with van der Waals surface area (Å²) in [5.41, 5.74) is 0.895. The van der Waals surface area contributed by atoms with Crippen LogP contribution in [0.4, 0.5) is 5.69 Å². The van der Waals surface area contributed by atoms with Crippen LogP contribution in [0.2, 0.25) is 0 Å². The van der Waals surface area contributed by atoms with E-state index in [1.807, 2.05) is 0 Å². The number of hydrogen-bond donors (Lipinski definition) is 2. The molecule has 2 rings (SSSR count). The van der Waals surface area contributed by atoms with Gasteiger partial charge in [0, 0.05) is 25.5 Å². The summed E-state index contributed by atoms with van der Waals surface area (Å²) in [5.74, 6) is -1.57. The van der Waals surface area contributed by atoms with E-state index in [9.17, 15) is 9.59 Å². The first-order valence-corrected chi connectivity index (χ1v) is 5.72. The first-order chi connectivity index (χ1) is 9.58. The predicted octanol–water partition coefficient (Wildman–Crippen LogP) is 1.17. The van der Waals surface area contributed by atoms with E-state index in [4.69, 9.17) is 5.11 Å². The number of amides is 1. The van der Waals surface area contributed by atoms with Gasteiger partial charge in [0.05, 0.1) is 23.1 Å². The number of aromatic nitrogens is 3. The second kappa shape index (κ2) is 5.79. The lowest BCUT2D eigenvalue weighted by Gasteiger charge is -2.05. The molecule has 102 valence electrons. The van der Waals surface area contributed by atoms with Gasteiger partial charge in [-0.3, -0.25) is 14.5 Å². The Hall–Kier alpha value is -2.96. The fourth-order valence-electron chi connectivity index (χ4n) is 1.56. The van der Waals surface area contributed by atoms with Crippen LogP contribution in [0.25, 0.3) is 6.08 Å². The Balaban J connectivity index is 2.11. The third-order valence-corrected chi connectivity index (χ3v) is 2.57. The summed E-state index contributed by atoms with van der Waals surface area (Å²) in [6.07, 6.45) is 7.14. The standard InChI is InChI=1S/C13H12N4O3/c1-17-9(4-7-15-17)2-3-12(18)16-11-8-14-6-5-10(11)13(19)20/h2-8H,1H3,(H,16,18)(H,19,20). The van der Waals surface area contributed by atoms with Gasteiger partial charge in [0.15, 0.2) is 0 Å².